The highest BCUT2D eigenvalue weighted by molar-refractivity contribution is 6.00. The van der Waals surface area contributed by atoms with Gasteiger partial charge in [-0.1, -0.05) is 6.07 Å². The number of carbonyl (C=O) groups is 2. The van der Waals surface area contributed by atoms with Crippen molar-refractivity contribution in [3.8, 4) is 0 Å². The molecule has 2 aromatic rings. The highest BCUT2D eigenvalue weighted by atomic mass is 16.5. The fourth-order valence-corrected chi connectivity index (χ4v) is 1.71. The van der Waals surface area contributed by atoms with Gasteiger partial charge >= 0.3 is 5.97 Å². The van der Waals surface area contributed by atoms with Crippen LogP contribution in [-0.4, -0.2) is 23.8 Å². The molecule has 0 aliphatic heterocycles. The van der Waals surface area contributed by atoms with Crippen molar-refractivity contribution in [2.45, 2.75) is 12.8 Å². The molecule has 0 N–H and O–H groups in total. The molecule has 0 amide bonds. The Bertz CT molecular complexity index is 592. The lowest BCUT2D eigenvalue weighted by Crippen LogP contribution is -2.06. The van der Waals surface area contributed by atoms with E-state index in [9.17, 15) is 9.59 Å². The smallest absolute Gasteiger partial charge is 0.305 e. The van der Waals surface area contributed by atoms with Gasteiger partial charge in [-0.25, -0.2) is 0 Å². The van der Waals surface area contributed by atoms with Gasteiger partial charge in [0.1, 0.15) is 0 Å². The Morgan fingerprint density at radius 3 is 2.83 bits per heavy atom. The van der Waals surface area contributed by atoms with Crippen LogP contribution in [0.5, 0.6) is 0 Å². The van der Waals surface area contributed by atoms with Gasteiger partial charge in [-0.15, -0.1) is 0 Å². The lowest BCUT2D eigenvalue weighted by molar-refractivity contribution is -0.140. The summed E-state index contributed by atoms with van der Waals surface area (Å²) in [4.78, 5) is 27.0. The van der Waals surface area contributed by atoms with Crippen molar-refractivity contribution in [1.82, 2.24) is 4.98 Å². The molecule has 4 nitrogen and oxygen atoms in total. The molecule has 2 rings (SSSR count). The summed E-state index contributed by atoms with van der Waals surface area (Å²) in [6.07, 6.45) is 1.99. The van der Waals surface area contributed by atoms with Gasteiger partial charge in [-0.2, -0.15) is 0 Å². The van der Waals surface area contributed by atoms with Gasteiger partial charge in [0.15, 0.2) is 5.78 Å². The molecule has 1 aromatic heterocycles. The lowest BCUT2D eigenvalue weighted by atomic mass is 10.0. The molecule has 0 aliphatic carbocycles. The van der Waals surface area contributed by atoms with Gasteiger partial charge in [0.25, 0.3) is 0 Å². The Morgan fingerprint density at radius 2 is 2.06 bits per heavy atom. The number of hydrogen-bond donors (Lipinski definition) is 0. The number of ether oxygens (including phenoxy) is 1. The number of Topliss-reactive ketones (excluding diaryl/α,β-unsaturated/α-hetero) is 1. The van der Waals surface area contributed by atoms with Gasteiger partial charge in [-0.05, 0) is 24.3 Å². The first kappa shape index (κ1) is 12.2. The first-order valence-corrected chi connectivity index (χ1v) is 5.65. The van der Waals surface area contributed by atoms with Crippen LogP contribution in [-0.2, 0) is 9.53 Å². The van der Waals surface area contributed by atoms with Crippen LogP contribution in [0.25, 0.3) is 10.9 Å². The lowest BCUT2D eigenvalue weighted by Gasteiger charge is -2.02. The average Bonchev–Trinajstić information content (AvgIpc) is 2.43. The zero-order valence-electron chi connectivity index (χ0n) is 10.1. The Balaban J connectivity index is 2.15. The number of hydrogen-bond acceptors (Lipinski definition) is 4. The summed E-state index contributed by atoms with van der Waals surface area (Å²) in [5.74, 6) is -0.433. The molecule has 18 heavy (non-hydrogen) atoms. The van der Waals surface area contributed by atoms with E-state index in [-0.39, 0.29) is 24.6 Å². The second-order valence-corrected chi connectivity index (χ2v) is 3.91. The summed E-state index contributed by atoms with van der Waals surface area (Å²) < 4.78 is 4.51. The molecule has 0 fully saturated rings. The summed E-state index contributed by atoms with van der Waals surface area (Å²) in [7, 11) is 1.31. The number of pyridine rings is 1. The van der Waals surface area contributed by atoms with E-state index in [4.69, 9.17) is 0 Å². The molecule has 92 valence electrons. The maximum Gasteiger partial charge on any atom is 0.305 e. The van der Waals surface area contributed by atoms with Gasteiger partial charge in [-0.3, -0.25) is 14.6 Å². The summed E-state index contributed by atoms with van der Waals surface area (Å²) in [5, 5.41) is 0.918. The predicted octanol–water partition coefficient (Wildman–Crippen LogP) is 2.37. The van der Waals surface area contributed by atoms with Crippen LogP contribution in [0.4, 0.5) is 0 Å². The molecule has 0 saturated carbocycles. The van der Waals surface area contributed by atoms with Crippen LogP contribution in [0.2, 0.25) is 0 Å². The third kappa shape index (κ3) is 2.71. The zero-order valence-corrected chi connectivity index (χ0v) is 10.1. The first-order valence-electron chi connectivity index (χ1n) is 5.65. The van der Waals surface area contributed by atoms with E-state index in [1.807, 2.05) is 12.1 Å². The van der Waals surface area contributed by atoms with Crippen molar-refractivity contribution >= 4 is 22.7 Å². The van der Waals surface area contributed by atoms with Crippen molar-refractivity contribution in [1.29, 1.82) is 0 Å². The third-order valence-electron chi connectivity index (χ3n) is 2.71. The molecular weight excluding hydrogens is 230 g/mol. The van der Waals surface area contributed by atoms with E-state index in [1.54, 1.807) is 24.4 Å². The minimum atomic E-state index is -0.370. The molecule has 1 heterocycles. The fraction of sp³-hybridized carbons (Fsp3) is 0.214. The van der Waals surface area contributed by atoms with Crippen molar-refractivity contribution in [2.75, 3.05) is 7.11 Å². The third-order valence-corrected chi connectivity index (χ3v) is 2.71. The number of ketones is 1. The number of methoxy groups -OCH3 is 1. The molecule has 1 aromatic carbocycles. The summed E-state index contributed by atoms with van der Waals surface area (Å²) in [5.41, 5.74) is 1.45. The number of nitrogens with zero attached hydrogens (tertiary/aromatic N) is 1. The molecule has 0 atom stereocenters. The molecule has 0 bridgehead atoms. The molecule has 0 unspecified atom stereocenters. The number of aromatic nitrogens is 1. The topological polar surface area (TPSA) is 56.3 Å². The minimum Gasteiger partial charge on any atom is -0.469 e. The summed E-state index contributed by atoms with van der Waals surface area (Å²) in [6, 6.07) is 9.06. The molecule has 0 saturated heterocycles. The second kappa shape index (κ2) is 5.40. The predicted molar refractivity (Wildman–Crippen MR) is 67.3 cm³/mol. The van der Waals surface area contributed by atoms with Crippen molar-refractivity contribution in [3.05, 3.63) is 42.1 Å². The van der Waals surface area contributed by atoms with Gasteiger partial charge in [0.2, 0.25) is 0 Å². The minimum absolute atomic E-state index is 0.0637. The number of benzene rings is 1. The van der Waals surface area contributed by atoms with Crippen LogP contribution in [0, 0.1) is 0 Å². The maximum absolute atomic E-state index is 11.9. The first-order chi connectivity index (χ1) is 8.70. The van der Waals surface area contributed by atoms with E-state index in [0.29, 0.717) is 5.56 Å². The van der Waals surface area contributed by atoms with Crippen molar-refractivity contribution in [3.63, 3.8) is 0 Å². The number of esters is 1. The fourth-order valence-electron chi connectivity index (χ4n) is 1.71. The Kier molecular flexibility index (Phi) is 3.67. The standard InChI is InChI=1S/C14H13NO3/c1-18-14(17)7-6-13(16)11-4-5-12-10(9-11)3-2-8-15-12/h2-5,8-9H,6-7H2,1H3. The van der Waals surface area contributed by atoms with Crippen molar-refractivity contribution < 1.29 is 14.3 Å². The number of fused-ring (bicyclic) bond motifs is 1. The molecule has 0 radical (unpaired) electrons. The largest absolute Gasteiger partial charge is 0.469 e. The maximum atomic E-state index is 11.9. The van der Waals surface area contributed by atoms with Gasteiger partial charge < -0.3 is 4.74 Å². The molecular formula is C14H13NO3. The molecule has 0 aliphatic rings. The highest BCUT2D eigenvalue weighted by Gasteiger charge is 2.09. The molecule has 4 heteroatoms. The summed E-state index contributed by atoms with van der Waals surface area (Å²) >= 11 is 0. The molecule has 0 spiro atoms. The Hall–Kier alpha value is -2.23. The van der Waals surface area contributed by atoms with Gasteiger partial charge in [0, 0.05) is 23.6 Å². The number of rotatable bonds is 4. The number of carbonyl (C=O) groups excluding carboxylic acids is 2. The van der Waals surface area contributed by atoms with Crippen LogP contribution in [0.1, 0.15) is 23.2 Å². The Morgan fingerprint density at radius 1 is 1.22 bits per heavy atom. The quantitative estimate of drug-likeness (QED) is 0.611. The average molecular weight is 243 g/mol. The SMILES string of the molecule is COC(=O)CCC(=O)c1ccc2ncccc2c1. The van der Waals surface area contributed by atoms with E-state index in [1.165, 1.54) is 7.11 Å². The van der Waals surface area contributed by atoms with E-state index in [0.717, 1.165) is 10.9 Å². The Labute approximate surface area is 105 Å². The zero-order chi connectivity index (χ0) is 13.0. The van der Waals surface area contributed by atoms with Gasteiger partial charge in [0.05, 0.1) is 19.0 Å². The van der Waals surface area contributed by atoms with Crippen LogP contribution < -0.4 is 0 Å². The van der Waals surface area contributed by atoms with Crippen LogP contribution in [0.3, 0.4) is 0 Å². The summed E-state index contributed by atoms with van der Waals surface area (Å²) in [6.45, 7) is 0. The van der Waals surface area contributed by atoms with E-state index in [2.05, 4.69) is 9.72 Å². The highest BCUT2D eigenvalue weighted by Crippen LogP contribution is 2.15. The second-order valence-electron chi connectivity index (χ2n) is 3.91. The van der Waals surface area contributed by atoms with E-state index >= 15 is 0 Å². The van der Waals surface area contributed by atoms with Crippen LogP contribution >= 0.6 is 0 Å². The normalized spacial score (nSPS) is 10.3. The monoisotopic (exact) mass is 243 g/mol. The van der Waals surface area contributed by atoms with Crippen molar-refractivity contribution in [2.24, 2.45) is 0 Å². The van der Waals surface area contributed by atoms with E-state index < -0.39 is 0 Å². The van der Waals surface area contributed by atoms with Crippen LogP contribution in [0.15, 0.2) is 36.5 Å².